The molecule has 0 amide bonds. The maximum absolute atomic E-state index is 11.6. The minimum absolute atomic E-state index is 0.104. The lowest BCUT2D eigenvalue weighted by Gasteiger charge is -2.29. The van der Waals surface area contributed by atoms with Crippen LogP contribution in [0.25, 0.3) is 0 Å². The van der Waals surface area contributed by atoms with Crippen molar-refractivity contribution >= 4 is 0 Å². The molecule has 0 saturated heterocycles. The van der Waals surface area contributed by atoms with E-state index in [4.69, 9.17) is 5.48 Å². The predicted molar refractivity (Wildman–Crippen MR) is 328 cm³/mol. The van der Waals surface area contributed by atoms with Gasteiger partial charge in [0.15, 0.2) is 5.41 Å². The second-order valence-electron chi connectivity index (χ2n) is 23.5. The summed E-state index contributed by atoms with van der Waals surface area (Å²) in [6.07, 6.45) is -23.8. The number of hydrogen-bond acceptors (Lipinski definition) is 0. The quantitative estimate of drug-likeness (QED) is 0.143. The van der Waals surface area contributed by atoms with E-state index in [1.807, 2.05) is 34.6 Å². The highest BCUT2D eigenvalue weighted by molar-refractivity contribution is 4.84. The van der Waals surface area contributed by atoms with Crippen LogP contribution < -0.4 is 0 Å². The average molecular weight is 1360 g/mol. The zero-order valence-electron chi connectivity index (χ0n) is 64.1. The zero-order chi connectivity index (χ0) is 79.0. The van der Waals surface area contributed by atoms with Gasteiger partial charge in [0.05, 0.1) is 17.3 Å². The molecule has 0 spiro atoms. The molecule has 24 heteroatoms. The highest BCUT2D eigenvalue weighted by atomic mass is 19.4. The number of halogens is 24. The molecule has 0 N–H and O–H groups in total. The number of alkyl halides is 24. The van der Waals surface area contributed by atoms with Gasteiger partial charge in [0.1, 0.15) is 0 Å². The second-order valence-corrected chi connectivity index (χ2v) is 23.5. The Morgan fingerprint density at radius 2 is 0.568 bits per heavy atom. The maximum Gasteiger partial charge on any atom is 0.402 e. The Hall–Kier alpha value is -1.68. The van der Waals surface area contributed by atoms with E-state index in [0.29, 0.717) is 19.3 Å². The van der Waals surface area contributed by atoms with Crippen LogP contribution in [0.1, 0.15) is 323 Å². The summed E-state index contributed by atoms with van der Waals surface area (Å²) in [6.45, 7) is 50.2. The van der Waals surface area contributed by atoms with Crippen LogP contribution in [0, 0.1) is 52.2 Å². The molecular formula is C64H132F24. The largest absolute Gasteiger partial charge is 0.402 e. The topological polar surface area (TPSA) is 0 Å². The van der Waals surface area contributed by atoms with E-state index in [-0.39, 0.29) is 39.0 Å². The van der Waals surface area contributed by atoms with Crippen molar-refractivity contribution in [3.05, 3.63) is 0 Å². The first-order chi connectivity index (χ1) is 39.8. The van der Waals surface area contributed by atoms with Crippen molar-refractivity contribution in [1.29, 1.82) is 0 Å². The van der Waals surface area contributed by atoms with E-state index < -0.39 is 96.7 Å². The zero-order valence-corrected chi connectivity index (χ0v) is 60.1. The predicted octanol–water partition coefficient (Wildman–Crippen LogP) is 31.5. The molecule has 2 atom stereocenters. The van der Waals surface area contributed by atoms with Crippen molar-refractivity contribution in [2.75, 3.05) is 0 Å². The number of hydrogen-bond donors (Lipinski definition) is 0. The SMILES string of the molecule is CC(C)(C(F)(F)F)C(F)(F)F.CC(C)(C)C(F)(F)F.CC(C)C.CC(C)C(F)(F)F.CCC.CCC(C)C.CCC(C)C(F)(F)F.CCCC.CCCCC.CCCCCC(F)(F)F.CCC[C@H](C)C(F)(F)F.[2H]C(C)(C)C.[2H]C(C)(C)C(F)(F)F.[2H]C([2H])(C)CC. The van der Waals surface area contributed by atoms with Crippen LogP contribution >= 0.6 is 0 Å². The van der Waals surface area contributed by atoms with Crippen molar-refractivity contribution < 1.29 is 111 Å². The summed E-state index contributed by atoms with van der Waals surface area (Å²) < 4.78 is 302. The minimum atomic E-state index is -5.24. The van der Waals surface area contributed by atoms with Crippen LogP contribution in [-0.2, 0) is 0 Å². The van der Waals surface area contributed by atoms with Crippen LogP contribution in [0.5, 0.6) is 0 Å². The lowest BCUT2D eigenvalue weighted by Crippen LogP contribution is -2.44. The number of unbranched alkanes of at least 4 members (excludes halogenated alkanes) is 5. The smallest absolute Gasteiger partial charge is 0.171 e. The van der Waals surface area contributed by atoms with Gasteiger partial charge >= 0.3 is 49.4 Å². The van der Waals surface area contributed by atoms with Crippen molar-refractivity contribution in [3.63, 3.8) is 0 Å². The Balaban J connectivity index is -0.0000000600. The summed E-state index contributed by atoms with van der Waals surface area (Å²) in [5.74, 6) is -4.33. The summed E-state index contributed by atoms with van der Waals surface area (Å²) >= 11 is 0. The molecule has 88 heavy (non-hydrogen) atoms. The maximum atomic E-state index is 11.6. The summed E-state index contributed by atoms with van der Waals surface area (Å²) in [4.78, 5) is 0. The van der Waals surface area contributed by atoms with Crippen LogP contribution in [0.3, 0.4) is 0 Å². The Morgan fingerprint density at radius 1 is 0.341 bits per heavy atom. The van der Waals surface area contributed by atoms with Crippen molar-refractivity contribution in [1.82, 2.24) is 0 Å². The monoisotopic (exact) mass is 1360 g/mol. The van der Waals surface area contributed by atoms with Crippen LogP contribution in [0.2, 0.25) is 0 Å². The third-order valence-electron chi connectivity index (χ3n) is 9.38. The molecule has 0 aromatic rings. The van der Waals surface area contributed by atoms with Gasteiger partial charge in [-0.15, -0.1) is 0 Å². The molecule has 0 radical (unpaired) electrons. The van der Waals surface area contributed by atoms with Gasteiger partial charge in [-0.3, -0.25) is 0 Å². The fourth-order valence-electron chi connectivity index (χ4n) is 1.92. The molecule has 0 aromatic carbocycles. The first-order valence-electron chi connectivity index (χ1n) is 32.3. The molecule has 0 rings (SSSR count). The van der Waals surface area contributed by atoms with Crippen molar-refractivity contribution in [3.8, 4) is 0 Å². The second kappa shape index (κ2) is 66.8. The summed E-state index contributed by atoms with van der Waals surface area (Å²) in [6, 6.07) is 0. The lowest BCUT2D eigenvalue weighted by molar-refractivity contribution is -0.327. The Labute approximate surface area is 528 Å². The van der Waals surface area contributed by atoms with Gasteiger partial charge in [0.25, 0.3) is 0 Å². The highest BCUT2D eigenvalue weighted by Crippen LogP contribution is 2.49. The fourth-order valence-corrected chi connectivity index (χ4v) is 1.92. The molecule has 0 aromatic heterocycles. The van der Waals surface area contributed by atoms with Gasteiger partial charge in [-0.25, -0.2) is 0 Å². The molecule has 0 aliphatic heterocycles. The minimum Gasteiger partial charge on any atom is -0.171 e. The average Bonchev–Trinajstić information content (AvgIpc) is 3.29. The normalized spacial score (nSPS) is 13.3. The summed E-state index contributed by atoms with van der Waals surface area (Å²) in [5.41, 5.74) is -5.19. The Kier molecular flexibility index (Phi) is 81.8. The van der Waals surface area contributed by atoms with Gasteiger partial charge in [0, 0.05) is 23.7 Å². The Morgan fingerprint density at radius 3 is 0.614 bits per heavy atom. The van der Waals surface area contributed by atoms with E-state index in [2.05, 4.69) is 83.1 Å². The molecule has 0 fully saturated rings. The molecule has 0 heterocycles. The Bertz CT molecular complexity index is 1360. The van der Waals surface area contributed by atoms with E-state index >= 15 is 0 Å². The van der Waals surface area contributed by atoms with Crippen molar-refractivity contribution in [2.24, 2.45) is 52.2 Å². The first-order valence-corrected chi connectivity index (χ1v) is 30.3. The van der Waals surface area contributed by atoms with Crippen molar-refractivity contribution in [2.45, 2.75) is 367 Å². The molecule has 0 aliphatic rings. The standard InChI is InChI=1S/2C6H11F3.C5H6F6.2C5H9F3.2C5H12.2C4H7F3.4C4H10.C3H8/c1-3-4-5(2)6(7,8)9;1-2-3-4-5-6(7,8)9;1-3(2,4(6,7)8)5(9,10)11;1-4(2,3)5(6,7)8;1-3-4(2)5(6,7)8;1-4-5(2)3;1-3-5-4-2;2*1-3(2)4(5,6)7;2*1-4(2)3;2*1-3-4-2;1-3-2/h5H,3-4H2,1-2H3;2-5H2,1H3;1-2H3;1-3H3;4H,3H2,1-2H3;5H,4H2,1-3H3;3-5H2,1-2H3;2*3H,1-2H3;2*4H,1-3H3;2*3-4H2,1-2H3;3H2,1-2H3/t5-;;;;;;;;;;;;;/m0............./s1/i;;;;;;;3D;;4D;;3D2;;. The first kappa shape index (κ1) is 108. The molecule has 0 nitrogen and oxygen atoms in total. The highest BCUT2D eigenvalue weighted by Gasteiger charge is 2.64. The van der Waals surface area contributed by atoms with Crippen LogP contribution in [0.4, 0.5) is 105 Å². The molecular weight excluding hydrogens is 1220 g/mol. The van der Waals surface area contributed by atoms with E-state index in [1.54, 1.807) is 13.8 Å². The molecule has 1 unspecified atom stereocenters. The lowest BCUT2D eigenvalue weighted by atomic mass is 9.92. The van der Waals surface area contributed by atoms with Gasteiger partial charge in [-0.05, 0) is 50.8 Å². The van der Waals surface area contributed by atoms with Crippen LogP contribution in [-0.4, -0.2) is 49.4 Å². The molecule has 556 valence electrons. The summed E-state index contributed by atoms with van der Waals surface area (Å²) in [7, 11) is 0. The van der Waals surface area contributed by atoms with E-state index in [1.165, 1.54) is 65.7 Å². The third kappa shape index (κ3) is 133. The van der Waals surface area contributed by atoms with Gasteiger partial charge in [-0.2, -0.15) is 105 Å². The van der Waals surface area contributed by atoms with Gasteiger partial charge < -0.3 is 0 Å². The molecule has 0 bridgehead atoms. The summed E-state index contributed by atoms with van der Waals surface area (Å²) in [5, 5.41) is 0. The fraction of sp³-hybridized carbons (Fsp3) is 1.00. The molecule has 0 aliphatic carbocycles. The molecule has 0 saturated carbocycles. The van der Waals surface area contributed by atoms with E-state index in [9.17, 15) is 105 Å². The number of rotatable bonds is 11. The van der Waals surface area contributed by atoms with Gasteiger partial charge in [-0.1, -0.05) is 278 Å². The van der Waals surface area contributed by atoms with E-state index in [0.717, 1.165) is 66.7 Å². The van der Waals surface area contributed by atoms with Crippen LogP contribution in [0.15, 0.2) is 0 Å². The third-order valence-corrected chi connectivity index (χ3v) is 9.38. The van der Waals surface area contributed by atoms with Gasteiger partial charge in [0.2, 0.25) is 0 Å².